The number of fused-ring (bicyclic) bond motifs is 1. The van der Waals surface area contributed by atoms with E-state index in [1.54, 1.807) is 0 Å². The number of hydrogen-bond acceptors (Lipinski definition) is 2. The van der Waals surface area contributed by atoms with Gasteiger partial charge in [-0.05, 0) is 61.4 Å². The second-order valence-corrected chi connectivity index (χ2v) is 8.26. The molecule has 1 heterocycles. The molecule has 1 saturated carbocycles. The zero-order valence-corrected chi connectivity index (χ0v) is 17.2. The summed E-state index contributed by atoms with van der Waals surface area (Å²) in [6.45, 7) is 4.36. The Balaban J connectivity index is 1.76. The highest BCUT2D eigenvalue weighted by Gasteiger charge is 2.28. The van der Waals surface area contributed by atoms with Gasteiger partial charge in [0.1, 0.15) is 0 Å². The summed E-state index contributed by atoms with van der Waals surface area (Å²) in [5.74, 6) is 0.189. The number of anilines is 1. The number of para-hydroxylation sites is 1. The van der Waals surface area contributed by atoms with Crippen LogP contribution in [-0.4, -0.2) is 10.9 Å². The molecule has 1 aliphatic carbocycles. The van der Waals surface area contributed by atoms with E-state index in [-0.39, 0.29) is 17.4 Å². The lowest BCUT2D eigenvalue weighted by molar-refractivity contribution is -0.123. The van der Waals surface area contributed by atoms with E-state index in [4.69, 9.17) is 0 Å². The first-order valence-electron chi connectivity index (χ1n) is 10.5. The minimum atomic E-state index is -0.129. The molecule has 1 fully saturated rings. The summed E-state index contributed by atoms with van der Waals surface area (Å²) in [5, 5.41) is 0.980. The first-order chi connectivity index (χ1) is 14.0. The molecule has 3 aromatic rings. The van der Waals surface area contributed by atoms with Crippen molar-refractivity contribution < 1.29 is 4.79 Å². The van der Waals surface area contributed by atoms with Gasteiger partial charge in [0.2, 0.25) is 5.91 Å². The van der Waals surface area contributed by atoms with Crippen LogP contribution in [0.15, 0.2) is 53.3 Å². The quantitative estimate of drug-likeness (QED) is 0.663. The Morgan fingerprint density at radius 3 is 2.59 bits per heavy atom. The van der Waals surface area contributed by atoms with Crippen LogP contribution in [0.2, 0.25) is 0 Å². The Morgan fingerprint density at radius 1 is 1.03 bits per heavy atom. The van der Waals surface area contributed by atoms with Gasteiger partial charge in [0.15, 0.2) is 0 Å². The monoisotopic (exact) mass is 388 g/mol. The van der Waals surface area contributed by atoms with Crippen molar-refractivity contribution in [1.82, 2.24) is 4.98 Å². The maximum absolute atomic E-state index is 13.6. The van der Waals surface area contributed by atoms with Gasteiger partial charge < -0.3 is 9.88 Å². The lowest BCUT2D eigenvalue weighted by atomic mass is 9.88. The van der Waals surface area contributed by atoms with E-state index in [1.807, 2.05) is 49.1 Å². The molecule has 4 nitrogen and oxygen atoms in total. The van der Waals surface area contributed by atoms with Crippen LogP contribution in [0, 0.1) is 19.8 Å². The minimum Gasteiger partial charge on any atom is -0.322 e. The van der Waals surface area contributed by atoms with Crippen molar-refractivity contribution in [3.63, 3.8) is 0 Å². The number of pyridine rings is 1. The average molecular weight is 389 g/mol. The zero-order valence-electron chi connectivity index (χ0n) is 17.2. The van der Waals surface area contributed by atoms with Crippen molar-refractivity contribution in [1.29, 1.82) is 0 Å². The summed E-state index contributed by atoms with van der Waals surface area (Å²) in [7, 11) is 0. The van der Waals surface area contributed by atoms with Gasteiger partial charge in [-0.3, -0.25) is 9.59 Å². The van der Waals surface area contributed by atoms with E-state index in [0.29, 0.717) is 12.1 Å². The number of amides is 1. The van der Waals surface area contributed by atoms with Gasteiger partial charge in [-0.25, -0.2) is 0 Å². The Bertz CT molecular complexity index is 1090. The maximum Gasteiger partial charge on any atom is 0.253 e. The number of benzene rings is 2. The van der Waals surface area contributed by atoms with Crippen LogP contribution in [0.4, 0.5) is 5.69 Å². The number of rotatable bonds is 4. The molecule has 1 aliphatic rings. The molecule has 0 aliphatic heterocycles. The summed E-state index contributed by atoms with van der Waals surface area (Å²) >= 11 is 0. The highest BCUT2D eigenvalue weighted by Crippen LogP contribution is 2.30. The molecule has 0 atom stereocenters. The second kappa shape index (κ2) is 8.24. The fourth-order valence-electron chi connectivity index (χ4n) is 4.34. The number of nitrogens with zero attached hydrogens (tertiary/aromatic N) is 1. The van der Waals surface area contributed by atoms with Crippen LogP contribution in [0.1, 0.15) is 48.8 Å². The molecule has 150 valence electrons. The Hall–Kier alpha value is -2.88. The molecule has 0 radical (unpaired) electrons. The fourth-order valence-corrected chi connectivity index (χ4v) is 4.34. The van der Waals surface area contributed by atoms with Crippen molar-refractivity contribution in [2.45, 2.75) is 52.5 Å². The van der Waals surface area contributed by atoms with Crippen LogP contribution in [0.5, 0.6) is 0 Å². The molecule has 1 amide bonds. The van der Waals surface area contributed by atoms with E-state index in [2.05, 4.69) is 23.2 Å². The molecular weight excluding hydrogens is 360 g/mol. The van der Waals surface area contributed by atoms with Crippen LogP contribution < -0.4 is 10.5 Å². The molecule has 0 unspecified atom stereocenters. The van der Waals surface area contributed by atoms with E-state index in [1.165, 1.54) is 6.42 Å². The van der Waals surface area contributed by atoms with Gasteiger partial charge in [0, 0.05) is 22.7 Å². The Morgan fingerprint density at radius 2 is 1.79 bits per heavy atom. The van der Waals surface area contributed by atoms with Crippen LogP contribution in [-0.2, 0) is 11.3 Å². The van der Waals surface area contributed by atoms with Crippen molar-refractivity contribution in [2.75, 3.05) is 4.90 Å². The number of aromatic nitrogens is 1. The highest BCUT2D eigenvalue weighted by molar-refractivity contribution is 5.96. The zero-order chi connectivity index (χ0) is 20.4. The van der Waals surface area contributed by atoms with Crippen molar-refractivity contribution >= 4 is 22.5 Å². The van der Waals surface area contributed by atoms with E-state index in [9.17, 15) is 9.59 Å². The first-order valence-corrected chi connectivity index (χ1v) is 10.5. The normalized spacial score (nSPS) is 14.8. The lowest BCUT2D eigenvalue weighted by Gasteiger charge is -2.30. The minimum absolute atomic E-state index is 0.0446. The first kappa shape index (κ1) is 19.4. The van der Waals surface area contributed by atoms with Crippen LogP contribution in [0.25, 0.3) is 10.9 Å². The van der Waals surface area contributed by atoms with Gasteiger partial charge in [0.25, 0.3) is 5.56 Å². The number of carbonyl (C=O) groups excluding carboxylic acids is 1. The second-order valence-electron chi connectivity index (χ2n) is 8.26. The van der Waals surface area contributed by atoms with Crippen molar-refractivity contribution in [3.05, 3.63) is 75.6 Å². The van der Waals surface area contributed by atoms with E-state index in [0.717, 1.165) is 53.4 Å². The predicted molar refractivity (Wildman–Crippen MR) is 118 cm³/mol. The topological polar surface area (TPSA) is 53.2 Å². The molecule has 1 N–H and O–H groups in total. The Labute approximate surface area is 171 Å². The van der Waals surface area contributed by atoms with Gasteiger partial charge in [-0.1, -0.05) is 49.6 Å². The number of aryl methyl sites for hydroxylation is 2. The summed E-state index contributed by atoms with van der Waals surface area (Å²) < 4.78 is 0. The SMILES string of the molecule is Cc1ccc(C)c(N(Cc2cc3ccccc3[nH]c2=O)C(=O)C2CCCCC2)c1. The van der Waals surface area contributed by atoms with Gasteiger partial charge in [-0.15, -0.1) is 0 Å². The molecule has 2 aromatic carbocycles. The number of aromatic amines is 1. The summed E-state index contributed by atoms with van der Waals surface area (Å²) in [4.78, 5) is 31.1. The highest BCUT2D eigenvalue weighted by atomic mass is 16.2. The number of nitrogens with one attached hydrogen (secondary N) is 1. The third-order valence-electron chi connectivity index (χ3n) is 6.03. The largest absolute Gasteiger partial charge is 0.322 e. The summed E-state index contributed by atoms with van der Waals surface area (Å²) in [6, 6.07) is 15.8. The molecule has 29 heavy (non-hydrogen) atoms. The molecule has 0 saturated heterocycles. The number of H-pyrrole nitrogens is 1. The van der Waals surface area contributed by atoms with Gasteiger partial charge in [0.05, 0.1) is 6.54 Å². The summed E-state index contributed by atoms with van der Waals surface area (Å²) in [5.41, 5.74) is 4.38. The summed E-state index contributed by atoms with van der Waals surface area (Å²) in [6.07, 6.45) is 5.29. The van der Waals surface area contributed by atoms with E-state index < -0.39 is 0 Å². The third-order valence-corrected chi connectivity index (χ3v) is 6.03. The van der Waals surface area contributed by atoms with Crippen molar-refractivity contribution in [2.24, 2.45) is 5.92 Å². The fraction of sp³-hybridized carbons (Fsp3) is 0.360. The van der Waals surface area contributed by atoms with Gasteiger partial charge in [-0.2, -0.15) is 0 Å². The van der Waals surface area contributed by atoms with Gasteiger partial charge >= 0.3 is 0 Å². The standard InChI is InChI=1S/C25H28N2O2/c1-17-12-13-18(2)23(14-17)27(25(29)19-8-4-3-5-9-19)16-21-15-20-10-6-7-11-22(20)26-24(21)28/h6-7,10-15,19H,3-5,8-9,16H2,1-2H3,(H,26,28). The van der Waals surface area contributed by atoms with E-state index >= 15 is 0 Å². The molecule has 0 spiro atoms. The van der Waals surface area contributed by atoms with Crippen molar-refractivity contribution in [3.8, 4) is 0 Å². The lowest BCUT2D eigenvalue weighted by Crippen LogP contribution is -2.38. The maximum atomic E-state index is 13.6. The smallest absolute Gasteiger partial charge is 0.253 e. The predicted octanol–water partition coefficient (Wildman–Crippen LogP) is 5.26. The third kappa shape index (κ3) is 4.12. The Kier molecular flexibility index (Phi) is 5.52. The van der Waals surface area contributed by atoms with Crippen LogP contribution in [0.3, 0.4) is 0 Å². The number of hydrogen-bond donors (Lipinski definition) is 1. The molecule has 1 aromatic heterocycles. The molecular formula is C25H28N2O2. The molecule has 4 heteroatoms. The average Bonchev–Trinajstić information content (AvgIpc) is 2.74. The number of carbonyl (C=O) groups is 1. The van der Waals surface area contributed by atoms with Crippen LogP contribution >= 0.6 is 0 Å². The molecule has 4 rings (SSSR count). The molecule has 0 bridgehead atoms.